The summed E-state index contributed by atoms with van der Waals surface area (Å²) in [5.41, 5.74) is 6.27. The molecular weight excluding hydrogens is 438 g/mol. The van der Waals surface area contributed by atoms with Crippen molar-refractivity contribution >= 4 is 17.9 Å². The molecule has 0 radical (unpaired) electrons. The first-order valence-corrected chi connectivity index (χ1v) is 11.0. The molecule has 0 saturated heterocycles. The van der Waals surface area contributed by atoms with Gasteiger partial charge in [-0.15, -0.1) is 0 Å². The highest BCUT2D eigenvalue weighted by Gasteiger charge is 2.29. The normalized spacial score (nSPS) is 13.8. The van der Waals surface area contributed by atoms with Gasteiger partial charge >= 0.3 is 6.09 Å². The van der Waals surface area contributed by atoms with Crippen LogP contribution in [-0.2, 0) is 27.4 Å². The van der Waals surface area contributed by atoms with Crippen LogP contribution in [0.2, 0.25) is 0 Å². The van der Waals surface area contributed by atoms with Gasteiger partial charge in [-0.1, -0.05) is 42.5 Å². The van der Waals surface area contributed by atoms with E-state index < -0.39 is 41.7 Å². The molecule has 2 aromatic carbocycles. The van der Waals surface area contributed by atoms with Crippen molar-refractivity contribution in [2.75, 3.05) is 0 Å². The molecule has 0 unspecified atom stereocenters. The molecule has 2 rings (SSSR count). The zero-order valence-corrected chi connectivity index (χ0v) is 19.9. The molecule has 0 aliphatic carbocycles. The monoisotopic (exact) mass is 471 g/mol. The molecule has 0 fully saturated rings. The van der Waals surface area contributed by atoms with Crippen molar-refractivity contribution in [2.45, 2.75) is 64.5 Å². The number of ether oxygens (including phenoxy) is 2. The van der Waals surface area contributed by atoms with Crippen molar-refractivity contribution in [1.29, 1.82) is 0 Å². The van der Waals surface area contributed by atoms with Crippen LogP contribution in [-0.4, -0.2) is 46.8 Å². The number of primary amides is 1. The number of aliphatic hydroxyl groups excluding tert-OH is 1. The highest BCUT2D eigenvalue weighted by molar-refractivity contribution is 5.91. The van der Waals surface area contributed by atoms with E-state index >= 15 is 0 Å². The van der Waals surface area contributed by atoms with Crippen LogP contribution in [0.5, 0.6) is 5.75 Å². The highest BCUT2D eigenvalue weighted by atomic mass is 16.6. The minimum Gasteiger partial charge on any atom is -0.489 e. The quantitative estimate of drug-likeness (QED) is 0.418. The second-order valence-corrected chi connectivity index (χ2v) is 8.95. The molecule has 0 saturated carbocycles. The summed E-state index contributed by atoms with van der Waals surface area (Å²) in [6, 6.07) is 14.4. The summed E-state index contributed by atoms with van der Waals surface area (Å²) in [6.45, 7) is 6.85. The van der Waals surface area contributed by atoms with Gasteiger partial charge in [0.2, 0.25) is 11.8 Å². The first kappa shape index (κ1) is 26.7. The SMILES string of the molecule is C[C@@H](O)[C@@H](NC(=O)[C@@H](Cc1ccc(OCc2ccccc2)cc1)NC(=O)OC(C)(C)C)C(N)=O. The number of carbonyl (C=O) groups is 3. The van der Waals surface area contributed by atoms with Crippen molar-refractivity contribution in [3.63, 3.8) is 0 Å². The summed E-state index contributed by atoms with van der Waals surface area (Å²) >= 11 is 0. The molecule has 9 nitrogen and oxygen atoms in total. The lowest BCUT2D eigenvalue weighted by molar-refractivity contribution is -0.130. The van der Waals surface area contributed by atoms with Crippen LogP contribution >= 0.6 is 0 Å². The Morgan fingerprint density at radius 1 is 0.971 bits per heavy atom. The molecule has 0 aromatic heterocycles. The molecule has 3 amide bonds. The van der Waals surface area contributed by atoms with Gasteiger partial charge < -0.3 is 30.9 Å². The Kier molecular flexibility index (Phi) is 9.44. The fraction of sp³-hybridized carbons (Fsp3) is 0.400. The molecule has 0 heterocycles. The summed E-state index contributed by atoms with van der Waals surface area (Å²) in [7, 11) is 0. The number of nitrogens with two attached hydrogens (primary N) is 1. The lowest BCUT2D eigenvalue weighted by Gasteiger charge is -2.25. The fourth-order valence-electron chi connectivity index (χ4n) is 3.04. The second kappa shape index (κ2) is 12.0. The van der Waals surface area contributed by atoms with Crippen LogP contribution in [0, 0.1) is 0 Å². The fourth-order valence-corrected chi connectivity index (χ4v) is 3.04. The zero-order valence-electron chi connectivity index (χ0n) is 19.9. The second-order valence-electron chi connectivity index (χ2n) is 8.95. The third kappa shape index (κ3) is 9.11. The molecule has 3 atom stereocenters. The average Bonchev–Trinajstić information content (AvgIpc) is 2.75. The average molecular weight is 472 g/mol. The maximum Gasteiger partial charge on any atom is 0.408 e. The van der Waals surface area contributed by atoms with Gasteiger partial charge in [0.25, 0.3) is 0 Å². The van der Waals surface area contributed by atoms with Gasteiger partial charge in [0.05, 0.1) is 6.10 Å². The van der Waals surface area contributed by atoms with Crippen molar-refractivity contribution in [3.05, 3.63) is 65.7 Å². The number of carbonyl (C=O) groups excluding carboxylic acids is 3. The molecule has 9 heteroatoms. The van der Waals surface area contributed by atoms with Crippen molar-refractivity contribution in [2.24, 2.45) is 5.73 Å². The first-order chi connectivity index (χ1) is 15.9. The van der Waals surface area contributed by atoms with Crippen LogP contribution < -0.4 is 21.1 Å². The van der Waals surface area contributed by atoms with Gasteiger partial charge in [0.1, 0.15) is 30.0 Å². The number of alkyl carbamates (subject to hydrolysis) is 1. The highest BCUT2D eigenvalue weighted by Crippen LogP contribution is 2.16. The Morgan fingerprint density at radius 2 is 1.59 bits per heavy atom. The van der Waals surface area contributed by atoms with E-state index in [4.69, 9.17) is 15.2 Å². The van der Waals surface area contributed by atoms with Gasteiger partial charge in [0, 0.05) is 6.42 Å². The van der Waals surface area contributed by atoms with Gasteiger partial charge in [-0.05, 0) is 51.0 Å². The minimum atomic E-state index is -1.30. The number of hydrogen-bond donors (Lipinski definition) is 4. The van der Waals surface area contributed by atoms with Gasteiger partial charge in [-0.2, -0.15) is 0 Å². The standard InChI is InChI=1S/C25H33N3O6/c1-16(29)21(22(26)30)28-23(31)20(27-24(32)34-25(2,3)4)14-17-10-12-19(13-11-17)33-15-18-8-6-5-7-9-18/h5-13,16,20-21,29H,14-15H2,1-4H3,(H2,26,30)(H,27,32)(H,28,31)/t16-,20-,21-/m1/s1. The number of aliphatic hydroxyl groups is 1. The molecule has 0 aliphatic heterocycles. The summed E-state index contributed by atoms with van der Waals surface area (Å²) in [6.07, 6.45) is -1.89. The van der Waals surface area contributed by atoms with E-state index in [-0.39, 0.29) is 6.42 Å². The van der Waals surface area contributed by atoms with E-state index in [1.807, 2.05) is 30.3 Å². The summed E-state index contributed by atoms with van der Waals surface area (Å²) in [5, 5.41) is 14.7. The van der Waals surface area contributed by atoms with E-state index in [1.165, 1.54) is 6.92 Å². The number of nitrogens with one attached hydrogen (secondary N) is 2. The number of amides is 3. The molecule has 2 aromatic rings. The Bertz CT molecular complexity index is 955. The molecule has 0 aliphatic rings. The minimum absolute atomic E-state index is 0.106. The maximum absolute atomic E-state index is 12.9. The van der Waals surface area contributed by atoms with E-state index in [0.717, 1.165) is 11.1 Å². The van der Waals surface area contributed by atoms with Gasteiger partial charge in [-0.25, -0.2) is 4.79 Å². The molecule has 0 spiro atoms. The van der Waals surface area contributed by atoms with Crippen molar-refractivity contribution in [3.8, 4) is 5.75 Å². The third-order valence-corrected chi connectivity index (χ3v) is 4.71. The smallest absolute Gasteiger partial charge is 0.408 e. The van der Waals surface area contributed by atoms with E-state index in [9.17, 15) is 19.5 Å². The van der Waals surface area contributed by atoms with Crippen LogP contribution in [0.4, 0.5) is 4.79 Å². The predicted molar refractivity (Wildman–Crippen MR) is 127 cm³/mol. The maximum atomic E-state index is 12.9. The van der Waals surface area contributed by atoms with Crippen molar-refractivity contribution < 1.29 is 29.0 Å². The predicted octanol–water partition coefficient (Wildman–Crippen LogP) is 2.05. The van der Waals surface area contributed by atoms with Crippen LogP contribution in [0.15, 0.2) is 54.6 Å². The molecule has 5 N–H and O–H groups in total. The molecule has 34 heavy (non-hydrogen) atoms. The van der Waals surface area contributed by atoms with E-state index in [0.29, 0.717) is 12.4 Å². The number of benzene rings is 2. The van der Waals surface area contributed by atoms with Gasteiger partial charge in [0.15, 0.2) is 0 Å². The Labute approximate surface area is 199 Å². The summed E-state index contributed by atoms with van der Waals surface area (Å²) in [4.78, 5) is 36.8. The molecule has 0 bridgehead atoms. The summed E-state index contributed by atoms with van der Waals surface area (Å²) in [5.74, 6) is -0.921. The topological polar surface area (TPSA) is 140 Å². The van der Waals surface area contributed by atoms with E-state index in [1.54, 1.807) is 45.0 Å². The third-order valence-electron chi connectivity index (χ3n) is 4.71. The number of hydrogen-bond acceptors (Lipinski definition) is 6. The van der Waals surface area contributed by atoms with Crippen molar-refractivity contribution in [1.82, 2.24) is 10.6 Å². The lowest BCUT2D eigenvalue weighted by atomic mass is 10.0. The Hall–Kier alpha value is -3.59. The first-order valence-electron chi connectivity index (χ1n) is 11.0. The van der Waals surface area contributed by atoms with Crippen LogP contribution in [0.3, 0.4) is 0 Å². The van der Waals surface area contributed by atoms with Crippen LogP contribution in [0.25, 0.3) is 0 Å². The number of rotatable bonds is 10. The van der Waals surface area contributed by atoms with Crippen LogP contribution in [0.1, 0.15) is 38.8 Å². The molecule has 184 valence electrons. The van der Waals surface area contributed by atoms with E-state index in [2.05, 4.69) is 10.6 Å². The van der Waals surface area contributed by atoms with Gasteiger partial charge in [-0.3, -0.25) is 9.59 Å². The largest absolute Gasteiger partial charge is 0.489 e. The Balaban J connectivity index is 2.10. The Morgan fingerprint density at radius 3 is 2.12 bits per heavy atom. The summed E-state index contributed by atoms with van der Waals surface area (Å²) < 4.78 is 11.0. The lowest BCUT2D eigenvalue weighted by Crippen LogP contribution is -2.57. The molecular formula is C25H33N3O6. The zero-order chi connectivity index (χ0) is 25.3.